The van der Waals surface area contributed by atoms with Gasteiger partial charge in [-0.15, -0.1) is 0 Å². The van der Waals surface area contributed by atoms with E-state index in [1.54, 1.807) is 0 Å². The number of benzene rings is 1. The topological polar surface area (TPSA) is 66.4 Å². The number of carboxylic acids is 1. The molecule has 1 aromatic carbocycles. The lowest BCUT2D eigenvalue weighted by Gasteiger charge is -2.22. The summed E-state index contributed by atoms with van der Waals surface area (Å²) in [5, 5.41) is 11.6. The van der Waals surface area contributed by atoms with E-state index in [0.29, 0.717) is 0 Å². The molecule has 0 radical (unpaired) electrons. The Morgan fingerprint density at radius 2 is 1.95 bits per heavy atom. The molecule has 1 fully saturated rings. The van der Waals surface area contributed by atoms with Crippen molar-refractivity contribution < 1.29 is 19.1 Å². The van der Waals surface area contributed by atoms with Crippen LogP contribution in [0.1, 0.15) is 43.0 Å². The van der Waals surface area contributed by atoms with Gasteiger partial charge >= 0.3 is 5.97 Å². The maximum Gasteiger partial charge on any atom is 0.337 e. The molecule has 2 rings (SSSR count). The number of carboxylic acid groups (broad SMARTS) is 1. The highest BCUT2D eigenvalue weighted by molar-refractivity contribution is 6.02. The Kier molecular flexibility index (Phi) is 3.55. The second-order valence-electron chi connectivity index (χ2n) is 5.22. The van der Waals surface area contributed by atoms with Crippen molar-refractivity contribution >= 4 is 17.6 Å². The number of carbonyl (C=O) groups is 2. The van der Waals surface area contributed by atoms with Crippen molar-refractivity contribution in [1.82, 2.24) is 0 Å². The Morgan fingerprint density at radius 1 is 1.32 bits per heavy atom. The van der Waals surface area contributed by atoms with Gasteiger partial charge in [0.15, 0.2) is 0 Å². The first-order valence-electron chi connectivity index (χ1n) is 6.27. The van der Waals surface area contributed by atoms with E-state index in [4.69, 9.17) is 5.11 Å². The zero-order chi connectivity index (χ0) is 14.0. The number of aromatic carboxylic acids is 1. The van der Waals surface area contributed by atoms with Crippen molar-refractivity contribution in [2.24, 2.45) is 5.41 Å². The highest BCUT2D eigenvalue weighted by Crippen LogP contribution is 2.38. The number of anilines is 1. The maximum atomic E-state index is 13.0. The molecule has 1 amide bonds. The van der Waals surface area contributed by atoms with Gasteiger partial charge < -0.3 is 10.4 Å². The van der Waals surface area contributed by atoms with Crippen LogP contribution in [0.5, 0.6) is 0 Å². The van der Waals surface area contributed by atoms with Gasteiger partial charge in [-0.2, -0.15) is 0 Å². The van der Waals surface area contributed by atoms with Crippen LogP contribution < -0.4 is 5.32 Å². The molecule has 0 aliphatic heterocycles. The zero-order valence-electron chi connectivity index (χ0n) is 10.7. The van der Waals surface area contributed by atoms with Gasteiger partial charge in [0.05, 0.1) is 11.3 Å². The van der Waals surface area contributed by atoms with Gasteiger partial charge in [0.1, 0.15) is 5.82 Å². The lowest BCUT2D eigenvalue weighted by atomic mass is 9.87. The first kappa shape index (κ1) is 13.5. The van der Waals surface area contributed by atoms with Crippen molar-refractivity contribution in [2.45, 2.75) is 32.6 Å². The van der Waals surface area contributed by atoms with Gasteiger partial charge in [-0.05, 0) is 31.0 Å². The molecule has 0 spiro atoms. The van der Waals surface area contributed by atoms with Crippen LogP contribution in [0.3, 0.4) is 0 Å². The monoisotopic (exact) mass is 265 g/mol. The van der Waals surface area contributed by atoms with Crippen LogP contribution in [0.4, 0.5) is 10.1 Å². The molecular weight excluding hydrogens is 249 g/mol. The van der Waals surface area contributed by atoms with Crippen LogP contribution in [-0.2, 0) is 4.79 Å². The first-order valence-corrected chi connectivity index (χ1v) is 6.27. The van der Waals surface area contributed by atoms with E-state index in [1.165, 1.54) is 6.07 Å². The second kappa shape index (κ2) is 4.99. The molecule has 102 valence electrons. The standard InChI is InChI=1S/C14H16FNO3/c1-14(6-2-3-7-14)13(19)16-11-5-4-9(15)8-10(11)12(17)18/h4-5,8H,2-3,6-7H2,1H3,(H,16,19)(H,17,18). The van der Waals surface area contributed by atoms with E-state index in [1.807, 2.05) is 6.92 Å². The fraction of sp³-hybridized carbons (Fsp3) is 0.429. The Balaban J connectivity index is 2.23. The van der Waals surface area contributed by atoms with E-state index in [-0.39, 0.29) is 17.2 Å². The van der Waals surface area contributed by atoms with Crippen molar-refractivity contribution in [2.75, 3.05) is 5.32 Å². The average Bonchev–Trinajstić information content (AvgIpc) is 2.79. The number of nitrogens with one attached hydrogen (secondary N) is 1. The van der Waals surface area contributed by atoms with Crippen molar-refractivity contribution in [3.63, 3.8) is 0 Å². The number of amides is 1. The SMILES string of the molecule is CC1(C(=O)Nc2ccc(F)cc2C(=O)O)CCCC1. The fourth-order valence-corrected chi connectivity index (χ4v) is 2.46. The summed E-state index contributed by atoms with van der Waals surface area (Å²) in [7, 11) is 0. The first-order chi connectivity index (χ1) is 8.92. The molecule has 0 saturated heterocycles. The molecular formula is C14H16FNO3. The summed E-state index contributed by atoms with van der Waals surface area (Å²) in [4.78, 5) is 23.2. The molecule has 0 heterocycles. The quantitative estimate of drug-likeness (QED) is 0.882. The zero-order valence-corrected chi connectivity index (χ0v) is 10.7. The van der Waals surface area contributed by atoms with Gasteiger partial charge in [0.25, 0.3) is 0 Å². The van der Waals surface area contributed by atoms with Crippen LogP contribution in [0.2, 0.25) is 0 Å². The molecule has 0 atom stereocenters. The normalized spacial score (nSPS) is 17.2. The van der Waals surface area contributed by atoms with Gasteiger partial charge in [0.2, 0.25) is 5.91 Å². The highest BCUT2D eigenvalue weighted by Gasteiger charge is 2.36. The highest BCUT2D eigenvalue weighted by atomic mass is 19.1. The van der Waals surface area contributed by atoms with E-state index in [0.717, 1.165) is 37.8 Å². The molecule has 19 heavy (non-hydrogen) atoms. The summed E-state index contributed by atoms with van der Waals surface area (Å²) in [6.45, 7) is 1.87. The molecule has 4 nitrogen and oxygen atoms in total. The van der Waals surface area contributed by atoms with Crippen LogP contribution in [0.15, 0.2) is 18.2 Å². The van der Waals surface area contributed by atoms with Crippen molar-refractivity contribution in [1.29, 1.82) is 0 Å². The summed E-state index contributed by atoms with van der Waals surface area (Å²) in [6, 6.07) is 3.34. The van der Waals surface area contributed by atoms with Crippen LogP contribution in [-0.4, -0.2) is 17.0 Å². The predicted octanol–water partition coefficient (Wildman–Crippen LogP) is 3.04. The van der Waals surface area contributed by atoms with E-state index >= 15 is 0 Å². The van der Waals surface area contributed by atoms with Gasteiger partial charge in [-0.3, -0.25) is 4.79 Å². The van der Waals surface area contributed by atoms with Crippen LogP contribution in [0, 0.1) is 11.2 Å². The summed E-state index contributed by atoms with van der Waals surface area (Å²) in [6.07, 6.45) is 3.59. The van der Waals surface area contributed by atoms with Crippen molar-refractivity contribution in [3.8, 4) is 0 Å². The smallest absolute Gasteiger partial charge is 0.337 e. The third-order valence-electron chi connectivity index (χ3n) is 3.72. The second-order valence-corrected chi connectivity index (χ2v) is 5.22. The molecule has 2 N–H and O–H groups in total. The van der Waals surface area contributed by atoms with Gasteiger partial charge in [-0.25, -0.2) is 9.18 Å². The molecule has 0 unspecified atom stereocenters. The Labute approximate surface area is 110 Å². The predicted molar refractivity (Wildman–Crippen MR) is 68.6 cm³/mol. The van der Waals surface area contributed by atoms with Crippen LogP contribution >= 0.6 is 0 Å². The number of hydrogen-bond donors (Lipinski definition) is 2. The molecule has 1 aliphatic carbocycles. The van der Waals surface area contributed by atoms with Gasteiger partial charge in [0, 0.05) is 5.41 Å². The minimum absolute atomic E-state index is 0.145. The number of rotatable bonds is 3. The minimum atomic E-state index is -1.26. The van der Waals surface area contributed by atoms with E-state index in [9.17, 15) is 14.0 Å². The largest absolute Gasteiger partial charge is 0.478 e. The summed E-state index contributed by atoms with van der Waals surface area (Å²) in [5.41, 5.74) is -0.536. The van der Waals surface area contributed by atoms with E-state index in [2.05, 4.69) is 5.32 Å². The number of halogens is 1. The molecule has 1 aromatic rings. The number of hydrogen-bond acceptors (Lipinski definition) is 2. The fourth-order valence-electron chi connectivity index (χ4n) is 2.46. The van der Waals surface area contributed by atoms with Gasteiger partial charge in [-0.1, -0.05) is 19.8 Å². The Morgan fingerprint density at radius 3 is 2.53 bits per heavy atom. The molecule has 0 bridgehead atoms. The van der Waals surface area contributed by atoms with Crippen LogP contribution in [0.25, 0.3) is 0 Å². The maximum absolute atomic E-state index is 13.0. The third-order valence-corrected chi connectivity index (χ3v) is 3.72. The molecule has 5 heteroatoms. The lowest BCUT2D eigenvalue weighted by molar-refractivity contribution is -0.124. The molecule has 1 aliphatic rings. The summed E-state index contributed by atoms with van der Waals surface area (Å²) < 4.78 is 13.0. The Bertz CT molecular complexity index is 521. The summed E-state index contributed by atoms with van der Waals surface area (Å²) in [5.74, 6) is -2.09. The van der Waals surface area contributed by atoms with Crippen molar-refractivity contribution in [3.05, 3.63) is 29.6 Å². The number of carbonyl (C=O) groups excluding carboxylic acids is 1. The molecule has 0 aromatic heterocycles. The van der Waals surface area contributed by atoms with E-state index < -0.39 is 17.2 Å². The summed E-state index contributed by atoms with van der Waals surface area (Å²) >= 11 is 0. The molecule has 1 saturated carbocycles. The Hall–Kier alpha value is -1.91. The minimum Gasteiger partial charge on any atom is -0.478 e. The lowest BCUT2D eigenvalue weighted by Crippen LogP contribution is -2.31. The average molecular weight is 265 g/mol. The third kappa shape index (κ3) is 2.75.